The van der Waals surface area contributed by atoms with Gasteiger partial charge >= 0.3 is 0 Å². The summed E-state index contributed by atoms with van der Waals surface area (Å²) >= 11 is 0. The average Bonchev–Trinajstić information content (AvgIpc) is 2.64. The number of rotatable bonds is 5. The molecule has 1 aliphatic heterocycles. The molecule has 0 bridgehead atoms. The predicted octanol–water partition coefficient (Wildman–Crippen LogP) is 3.72. The zero-order valence-corrected chi connectivity index (χ0v) is 15.7. The lowest BCUT2D eigenvalue weighted by molar-refractivity contribution is -0.127. The minimum absolute atomic E-state index is 0.159. The van der Waals surface area contributed by atoms with Crippen LogP contribution in [-0.2, 0) is 4.79 Å². The highest BCUT2D eigenvalue weighted by atomic mass is 16.6. The summed E-state index contributed by atoms with van der Waals surface area (Å²) in [5.41, 5.74) is 3.07. The number of nitrogens with one attached hydrogen (secondary N) is 1. The van der Waals surface area contributed by atoms with Gasteiger partial charge in [0.2, 0.25) is 0 Å². The topological polar surface area (TPSA) is 56.8 Å². The zero-order chi connectivity index (χ0) is 18.7. The molecule has 2 atom stereocenters. The van der Waals surface area contributed by atoms with Crippen LogP contribution >= 0.6 is 0 Å². The van der Waals surface area contributed by atoms with Crippen molar-refractivity contribution in [2.24, 2.45) is 0 Å². The minimum Gasteiger partial charge on any atom is -0.486 e. The Labute approximate surface area is 154 Å². The van der Waals surface area contributed by atoms with E-state index in [0.717, 1.165) is 33.9 Å². The summed E-state index contributed by atoms with van der Waals surface area (Å²) in [5, 5.41) is 3.00. The average molecular weight is 355 g/mol. The molecule has 1 N–H and O–H groups in total. The van der Waals surface area contributed by atoms with Gasteiger partial charge in [-0.3, -0.25) is 4.79 Å². The second-order valence-corrected chi connectivity index (χ2v) is 6.66. The molecule has 26 heavy (non-hydrogen) atoms. The van der Waals surface area contributed by atoms with E-state index < -0.39 is 6.10 Å². The molecule has 2 aromatic carbocycles. The predicted molar refractivity (Wildman–Crippen MR) is 100.0 cm³/mol. The molecule has 5 heteroatoms. The SMILES string of the molecule is Cc1ccc(C)c(O[C@@H](C)C(=O)N[C@H](C)c2ccc3c(c2)OCCO3)c1. The lowest BCUT2D eigenvalue weighted by Gasteiger charge is -2.22. The Morgan fingerprint density at radius 1 is 1.04 bits per heavy atom. The standard InChI is InChI=1S/C21H25NO4/c1-13-5-6-14(2)19(11-13)26-16(4)21(23)22-15(3)17-7-8-18-20(12-17)25-10-9-24-18/h5-8,11-12,15-16H,9-10H2,1-4H3,(H,22,23)/t15-,16+/m1/s1. The molecule has 0 saturated carbocycles. The van der Waals surface area contributed by atoms with Crippen molar-refractivity contribution in [2.75, 3.05) is 13.2 Å². The molecule has 0 aliphatic carbocycles. The minimum atomic E-state index is -0.588. The smallest absolute Gasteiger partial charge is 0.261 e. The van der Waals surface area contributed by atoms with Crippen LogP contribution in [-0.4, -0.2) is 25.2 Å². The maximum Gasteiger partial charge on any atom is 0.261 e. The molecule has 0 saturated heterocycles. The molecular weight excluding hydrogens is 330 g/mol. The summed E-state index contributed by atoms with van der Waals surface area (Å²) in [4.78, 5) is 12.5. The molecule has 1 aliphatic rings. The maximum absolute atomic E-state index is 12.5. The molecule has 138 valence electrons. The van der Waals surface area contributed by atoms with Crippen LogP contribution in [0.4, 0.5) is 0 Å². The van der Waals surface area contributed by atoms with Gasteiger partial charge in [0, 0.05) is 0 Å². The van der Waals surface area contributed by atoms with Crippen LogP contribution < -0.4 is 19.5 Å². The highest BCUT2D eigenvalue weighted by Gasteiger charge is 2.20. The molecule has 5 nitrogen and oxygen atoms in total. The molecular formula is C21H25NO4. The van der Waals surface area contributed by atoms with Crippen molar-refractivity contribution in [3.8, 4) is 17.2 Å². The quantitative estimate of drug-likeness (QED) is 0.888. The normalized spacial score (nSPS) is 15.1. The Bertz CT molecular complexity index is 803. The molecule has 1 heterocycles. The molecule has 1 amide bonds. The third-order valence-electron chi connectivity index (χ3n) is 4.44. The lowest BCUT2D eigenvalue weighted by Crippen LogP contribution is -2.37. The zero-order valence-electron chi connectivity index (χ0n) is 15.7. The van der Waals surface area contributed by atoms with Crippen LogP contribution in [0, 0.1) is 13.8 Å². The molecule has 0 unspecified atom stereocenters. The maximum atomic E-state index is 12.5. The van der Waals surface area contributed by atoms with E-state index >= 15 is 0 Å². The summed E-state index contributed by atoms with van der Waals surface area (Å²) < 4.78 is 17.0. The fraction of sp³-hybridized carbons (Fsp3) is 0.381. The van der Waals surface area contributed by atoms with Crippen molar-refractivity contribution >= 4 is 5.91 Å². The van der Waals surface area contributed by atoms with E-state index in [4.69, 9.17) is 14.2 Å². The van der Waals surface area contributed by atoms with Gasteiger partial charge in [-0.1, -0.05) is 18.2 Å². The fourth-order valence-electron chi connectivity index (χ4n) is 2.82. The molecule has 3 rings (SSSR count). The Morgan fingerprint density at radius 3 is 2.54 bits per heavy atom. The van der Waals surface area contributed by atoms with Crippen LogP contribution in [0.2, 0.25) is 0 Å². The van der Waals surface area contributed by atoms with E-state index in [-0.39, 0.29) is 11.9 Å². The Kier molecular flexibility index (Phi) is 5.35. The largest absolute Gasteiger partial charge is 0.486 e. The van der Waals surface area contributed by atoms with Crippen LogP contribution in [0.5, 0.6) is 17.2 Å². The van der Waals surface area contributed by atoms with Gasteiger partial charge in [0.1, 0.15) is 19.0 Å². The van der Waals surface area contributed by atoms with Crippen LogP contribution in [0.3, 0.4) is 0 Å². The van der Waals surface area contributed by atoms with Gasteiger partial charge in [-0.05, 0) is 62.6 Å². The summed E-state index contributed by atoms with van der Waals surface area (Å²) in [6, 6.07) is 11.5. The third kappa shape index (κ3) is 4.10. The van der Waals surface area contributed by atoms with Gasteiger partial charge in [-0.2, -0.15) is 0 Å². The van der Waals surface area contributed by atoms with Crippen LogP contribution in [0.1, 0.15) is 36.6 Å². The van der Waals surface area contributed by atoms with Crippen molar-refractivity contribution in [1.29, 1.82) is 0 Å². The van der Waals surface area contributed by atoms with Gasteiger partial charge in [0.25, 0.3) is 5.91 Å². The fourth-order valence-corrected chi connectivity index (χ4v) is 2.82. The Balaban J connectivity index is 1.64. The van der Waals surface area contributed by atoms with E-state index in [1.807, 2.05) is 57.2 Å². The molecule has 0 fully saturated rings. The lowest BCUT2D eigenvalue weighted by atomic mass is 10.1. The highest BCUT2D eigenvalue weighted by Crippen LogP contribution is 2.32. The third-order valence-corrected chi connectivity index (χ3v) is 4.44. The number of carbonyl (C=O) groups is 1. The first-order valence-electron chi connectivity index (χ1n) is 8.88. The molecule has 0 spiro atoms. The number of aryl methyl sites for hydroxylation is 2. The Hall–Kier alpha value is -2.69. The van der Waals surface area contributed by atoms with E-state index in [0.29, 0.717) is 13.2 Å². The van der Waals surface area contributed by atoms with Crippen LogP contribution in [0.25, 0.3) is 0 Å². The van der Waals surface area contributed by atoms with E-state index in [2.05, 4.69) is 5.32 Å². The van der Waals surface area contributed by atoms with Crippen molar-refractivity contribution in [1.82, 2.24) is 5.32 Å². The molecule has 0 radical (unpaired) electrons. The van der Waals surface area contributed by atoms with Crippen molar-refractivity contribution in [3.63, 3.8) is 0 Å². The first-order valence-corrected chi connectivity index (χ1v) is 8.88. The van der Waals surface area contributed by atoms with Gasteiger partial charge < -0.3 is 19.5 Å². The van der Waals surface area contributed by atoms with E-state index in [9.17, 15) is 4.79 Å². The second kappa shape index (κ2) is 7.68. The second-order valence-electron chi connectivity index (χ2n) is 6.66. The number of carbonyl (C=O) groups excluding carboxylic acids is 1. The number of ether oxygens (including phenoxy) is 3. The number of hydrogen-bond donors (Lipinski definition) is 1. The van der Waals surface area contributed by atoms with Gasteiger partial charge in [0.05, 0.1) is 6.04 Å². The van der Waals surface area contributed by atoms with Gasteiger partial charge in [0.15, 0.2) is 17.6 Å². The molecule has 0 aromatic heterocycles. The first-order chi connectivity index (χ1) is 12.4. The monoisotopic (exact) mass is 355 g/mol. The van der Waals surface area contributed by atoms with Crippen molar-refractivity contribution < 1.29 is 19.0 Å². The van der Waals surface area contributed by atoms with Crippen molar-refractivity contribution in [2.45, 2.75) is 39.8 Å². The summed E-state index contributed by atoms with van der Waals surface area (Å²) in [5.74, 6) is 2.03. The van der Waals surface area contributed by atoms with Crippen molar-refractivity contribution in [3.05, 3.63) is 53.1 Å². The number of amides is 1. The first kappa shape index (κ1) is 18.1. The summed E-state index contributed by atoms with van der Waals surface area (Å²) in [6.45, 7) is 8.77. The van der Waals surface area contributed by atoms with E-state index in [1.54, 1.807) is 6.92 Å². The Morgan fingerprint density at radius 2 is 1.77 bits per heavy atom. The number of hydrogen-bond acceptors (Lipinski definition) is 4. The van der Waals surface area contributed by atoms with Gasteiger partial charge in [-0.25, -0.2) is 0 Å². The molecule has 2 aromatic rings. The number of benzene rings is 2. The highest BCUT2D eigenvalue weighted by molar-refractivity contribution is 5.81. The van der Waals surface area contributed by atoms with E-state index in [1.165, 1.54) is 0 Å². The van der Waals surface area contributed by atoms with Crippen LogP contribution in [0.15, 0.2) is 36.4 Å². The summed E-state index contributed by atoms with van der Waals surface area (Å²) in [6.07, 6.45) is -0.588. The van der Waals surface area contributed by atoms with Gasteiger partial charge in [-0.15, -0.1) is 0 Å². The summed E-state index contributed by atoms with van der Waals surface area (Å²) in [7, 11) is 0. The number of fused-ring (bicyclic) bond motifs is 1.